The first kappa shape index (κ1) is 8.55. The van der Waals surface area contributed by atoms with Gasteiger partial charge in [0, 0.05) is 17.7 Å². The molecule has 0 saturated carbocycles. The van der Waals surface area contributed by atoms with Crippen molar-refractivity contribution in [1.82, 2.24) is 0 Å². The number of hydrogen-bond donors (Lipinski definition) is 3. The standard InChI is InChI=1S/C8H9NO3/c9-3-6-5(4-10)1-2-7(11)8(6)12/h1-2,4,11-12H,3,9H2. The van der Waals surface area contributed by atoms with Crippen LogP contribution in [0.2, 0.25) is 0 Å². The van der Waals surface area contributed by atoms with E-state index in [0.29, 0.717) is 11.8 Å². The zero-order valence-corrected chi connectivity index (χ0v) is 6.32. The number of carbonyl (C=O) groups excluding carboxylic acids is 1. The van der Waals surface area contributed by atoms with Crippen molar-refractivity contribution in [2.75, 3.05) is 0 Å². The predicted molar refractivity (Wildman–Crippen MR) is 43.1 cm³/mol. The predicted octanol–water partition coefficient (Wildman–Crippen LogP) is 0.369. The molecule has 12 heavy (non-hydrogen) atoms. The molecule has 0 unspecified atom stereocenters. The molecule has 1 aromatic carbocycles. The smallest absolute Gasteiger partial charge is 0.162 e. The second-order valence-electron chi connectivity index (χ2n) is 2.32. The maximum Gasteiger partial charge on any atom is 0.162 e. The van der Waals surface area contributed by atoms with Gasteiger partial charge in [0.2, 0.25) is 0 Å². The van der Waals surface area contributed by atoms with E-state index in [-0.39, 0.29) is 23.6 Å². The first-order valence-electron chi connectivity index (χ1n) is 3.39. The van der Waals surface area contributed by atoms with Gasteiger partial charge in [0.1, 0.15) is 0 Å². The number of rotatable bonds is 2. The minimum Gasteiger partial charge on any atom is -0.504 e. The molecule has 0 aromatic heterocycles. The van der Waals surface area contributed by atoms with Crippen LogP contribution in [-0.2, 0) is 6.54 Å². The third-order valence-corrected chi connectivity index (χ3v) is 1.63. The number of hydrogen-bond acceptors (Lipinski definition) is 4. The Hall–Kier alpha value is -1.55. The van der Waals surface area contributed by atoms with E-state index in [1.165, 1.54) is 12.1 Å². The molecule has 0 bridgehead atoms. The molecule has 0 aliphatic rings. The summed E-state index contributed by atoms with van der Waals surface area (Å²) >= 11 is 0. The number of aromatic hydroxyl groups is 2. The molecule has 0 aliphatic carbocycles. The lowest BCUT2D eigenvalue weighted by atomic mass is 10.1. The highest BCUT2D eigenvalue weighted by Gasteiger charge is 2.09. The molecule has 0 heterocycles. The van der Waals surface area contributed by atoms with Crippen LogP contribution in [0, 0.1) is 0 Å². The first-order chi connectivity index (χ1) is 5.70. The molecule has 0 radical (unpaired) electrons. The zero-order valence-electron chi connectivity index (χ0n) is 6.32. The van der Waals surface area contributed by atoms with E-state index >= 15 is 0 Å². The van der Waals surface area contributed by atoms with E-state index < -0.39 is 0 Å². The van der Waals surface area contributed by atoms with E-state index in [1.54, 1.807) is 0 Å². The maximum absolute atomic E-state index is 10.4. The molecule has 0 atom stereocenters. The van der Waals surface area contributed by atoms with E-state index in [2.05, 4.69) is 0 Å². The van der Waals surface area contributed by atoms with Crippen molar-refractivity contribution in [1.29, 1.82) is 0 Å². The Balaban J connectivity index is 3.35. The van der Waals surface area contributed by atoms with Crippen molar-refractivity contribution < 1.29 is 15.0 Å². The fraction of sp³-hybridized carbons (Fsp3) is 0.125. The maximum atomic E-state index is 10.4. The van der Waals surface area contributed by atoms with Gasteiger partial charge in [-0.05, 0) is 12.1 Å². The van der Waals surface area contributed by atoms with Crippen molar-refractivity contribution in [2.45, 2.75) is 6.54 Å². The molecule has 4 nitrogen and oxygen atoms in total. The minimum absolute atomic E-state index is 0.0221. The van der Waals surface area contributed by atoms with Gasteiger partial charge in [-0.25, -0.2) is 0 Å². The highest BCUT2D eigenvalue weighted by molar-refractivity contribution is 5.79. The van der Waals surface area contributed by atoms with Gasteiger partial charge in [0.05, 0.1) is 0 Å². The summed E-state index contributed by atoms with van der Waals surface area (Å²) in [6.45, 7) is 0.0221. The van der Waals surface area contributed by atoms with Gasteiger partial charge in [0.25, 0.3) is 0 Å². The van der Waals surface area contributed by atoms with Crippen molar-refractivity contribution in [3.63, 3.8) is 0 Å². The van der Waals surface area contributed by atoms with Crippen LogP contribution in [0.15, 0.2) is 12.1 Å². The first-order valence-corrected chi connectivity index (χ1v) is 3.39. The number of carbonyl (C=O) groups is 1. The summed E-state index contributed by atoms with van der Waals surface area (Å²) < 4.78 is 0. The topological polar surface area (TPSA) is 83.6 Å². The van der Waals surface area contributed by atoms with Crippen LogP contribution in [0.5, 0.6) is 11.5 Å². The van der Waals surface area contributed by atoms with Crippen molar-refractivity contribution >= 4 is 6.29 Å². The van der Waals surface area contributed by atoms with Gasteiger partial charge in [-0.15, -0.1) is 0 Å². The molecule has 0 aliphatic heterocycles. The number of nitrogens with two attached hydrogens (primary N) is 1. The lowest BCUT2D eigenvalue weighted by Crippen LogP contribution is -2.01. The molecular weight excluding hydrogens is 158 g/mol. The average Bonchev–Trinajstić information content (AvgIpc) is 2.09. The number of phenolic OH excluding ortho intramolecular Hbond substituents is 2. The van der Waals surface area contributed by atoms with Crippen LogP contribution in [0.25, 0.3) is 0 Å². The monoisotopic (exact) mass is 167 g/mol. The van der Waals surface area contributed by atoms with Gasteiger partial charge < -0.3 is 15.9 Å². The fourth-order valence-corrected chi connectivity index (χ4v) is 0.964. The van der Waals surface area contributed by atoms with Gasteiger partial charge in [0.15, 0.2) is 17.8 Å². The lowest BCUT2D eigenvalue weighted by molar-refractivity contribution is 0.112. The largest absolute Gasteiger partial charge is 0.504 e. The summed E-state index contributed by atoms with van der Waals surface area (Å²) in [6, 6.07) is 2.66. The van der Waals surface area contributed by atoms with Crippen LogP contribution in [-0.4, -0.2) is 16.5 Å². The van der Waals surface area contributed by atoms with Gasteiger partial charge in [-0.2, -0.15) is 0 Å². The van der Waals surface area contributed by atoms with Crippen molar-refractivity contribution in [3.8, 4) is 11.5 Å². The van der Waals surface area contributed by atoms with E-state index in [0.717, 1.165) is 0 Å². The van der Waals surface area contributed by atoms with E-state index in [1.807, 2.05) is 0 Å². The second kappa shape index (κ2) is 3.23. The second-order valence-corrected chi connectivity index (χ2v) is 2.32. The van der Waals surface area contributed by atoms with Crippen LogP contribution in [0.1, 0.15) is 15.9 Å². The number of aldehydes is 1. The van der Waals surface area contributed by atoms with Gasteiger partial charge in [-0.1, -0.05) is 0 Å². The minimum atomic E-state index is -0.317. The average molecular weight is 167 g/mol. The summed E-state index contributed by atoms with van der Waals surface area (Å²) in [4.78, 5) is 10.4. The van der Waals surface area contributed by atoms with Gasteiger partial charge in [-0.3, -0.25) is 4.79 Å². The summed E-state index contributed by atoms with van der Waals surface area (Å²) in [5.74, 6) is -0.580. The van der Waals surface area contributed by atoms with Crippen LogP contribution in [0.4, 0.5) is 0 Å². The molecule has 4 heteroatoms. The van der Waals surface area contributed by atoms with Crippen LogP contribution >= 0.6 is 0 Å². The fourth-order valence-electron chi connectivity index (χ4n) is 0.964. The molecule has 1 aromatic rings. The Morgan fingerprint density at radius 2 is 2.08 bits per heavy atom. The lowest BCUT2D eigenvalue weighted by Gasteiger charge is -2.05. The van der Waals surface area contributed by atoms with E-state index in [4.69, 9.17) is 10.8 Å². The summed E-state index contributed by atoms with van der Waals surface area (Å²) in [6.07, 6.45) is 0.585. The Morgan fingerprint density at radius 1 is 1.42 bits per heavy atom. The molecule has 64 valence electrons. The number of benzene rings is 1. The molecule has 0 amide bonds. The molecular formula is C8H9NO3. The normalized spacial score (nSPS) is 9.75. The third kappa shape index (κ3) is 1.24. The molecule has 4 N–H and O–H groups in total. The summed E-state index contributed by atoms with van der Waals surface area (Å²) in [7, 11) is 0. The Morgan fingerprint density at radius 3 is 2.58 bits per heavy atom. The summed E-state index contributed by atoms with van der Waals surface area (Å²) in [5.41, 5.74) is 5.83. The zero-order chi connectivity index (χ0) is 9.14. The molecule has 0 spiro atoms. The van der Waals surface area contributed by atoms with Crippen LogP contribution in [0.3, 0.4) is 0 Å². The Bertz CT molecular complexity index is 309. The Kier molecular flexibility index (Phi) is 2.30. The third-order valence-electron chi connectivity index (χ3n) is 1.63. The number of phenols is 2. The highest BCUT2D eigenvalue weighted by Crippen LogP contribution is 2.29. The summed E-state index contributed by atoms with van der Waals surface area (Å²) in [5, 5.41) is 18.3. The van der Waals surface area contributed by atoms with Crippen molar-refractivity contribution in [3.05, 3.63) is 23.3 Å². The quantitative estimate of drug-likeness (QED) is 0.439. The van der Waals surface area contributed by atoms with Crippen molar-refractivity contribution in [2.24, 2.45) is 5.73 Å². The molecule has 1 rings (SSSR count). The van der Waals surface area contributed by atoms with Gasteiger partial charge >= 0.3 is 0 Å². The SMILES string of the molecule is NCc1c(C=O)ccc(O)c1O. The molecule has 0 fully saturated rings. The van der Waals surface area contributed by atoms with E-state index in [9.17, 15) is 9.90 Å². The Labute approximate surface area is 69.3 Å². The highest BCUT2D eigenvalue weighted by atomic mass is 16.3. The van der Waals surface area contributed by atoms with Crippen LogP contribution < -0.4 is 5.73 Å². The molecule has 0 saturated heterocycles.